The van der Waals surface area contributed by atoms with Crippen LogP contribution in [0.15, 0.2) is 36.4 Å². The van der Waals surface area contributed by atoms with Crippen molar-refractivity contribution >= 4 is 80.8 Å². The topological polar surface area (TPSA) is 0 Å². The first kappa shape index (κ1) is 78.8. The molecule has 0 aliphatic carbocycles. The van der Waals surface area contributed by atoms with Crippen molar-refractivity contribution in [2.75, 3.05) is 0 Å². The van der Waals surface area contributed by atoms with Gasteiger partial charge in [-0.05, 0) is 168 Å². The maximum absolute atomic E-state index is 4.25. The molecule has 492 valence electrons. The molecule has 4 aromatic rings. The number of hydrogen-bond acceptors (Lipinski definition) is 0. The number of hydrogen-bond donors (Lipinski definition) is 0. The van der Waals surface area contributed by atoms with E-state index < -0.39 is 48.4 Å². The Bertz CT molecular complexity index is 2800. The highest BCUT2D eigenvalue weighted by molar-refractivity contribution is 6.93. The lowest BCUT2D eigenvalue weighted by atomic mass is 9.87. The molecular weight excluding hydrogens is 1180 g/mol. The van der Waals surface area contributed by atoms with Gasteiger partial charge in [0.25, 0.3) is 0 Å². The standard InChI is InChI=1S/C84H132Si6/c1-55(2)85(56(3)4,57(5)6)43-37-73-49-79-80(50-74(73)38-44-86(58(7)8,59(9)10)60(11)12)82-52-76(40-46-88(64(19)20,65(21)22)66(23)24)78(42-48-90(70(31)32,71(33)34)72(35)36)54-84(82)83-53-77(41-47-89(67(25)26,68(27)28)69(29)30)75(51-81(79)83)39-45-87(61(13)14,62(15)16)63(17)18/h49-72H,1-36H3. The summed E-state index contributed by atoms with van der Waals surface area (Å²) in [7, 11) is -13.1. The van der Waals surface area contributed by atoms with Crippen molar-refractivity contribution in [3.63, 3.8) is 0 Å². The smallest absolute Gasteiger partial charge is 0.125 e. The minimum Gasteiger partial charge on any atom is -0.125 e. The molecule has 0 aromatic heterocycles. The van der Waals surface area contributed by atoms with Crippen molar-refractivity contribution in [1.82, 2.24) is 0 Å². The normalized spacial score (nSPS) is 13.3. The molecule has 6 heteroatoms. The van der Waals surface area contributed by atoms with Gasteiger partial charge in [0.2, 0.25) is 0 Å². The Morgan fingerprint density at radius 2 is 0.233 bits per heavy atom. The van der Waals surface area contributed by atoms with E-state index >= 15 is 0 Å². The van der Waals surface area contributed by atoms with Crippen molar-refractivity contribution in [3.8, 4) is 68.8 Å². The summed E-state index contributed by atoms with van der Waals surface area (Å²) in [5.41, 5.74) is 40.7. The molecule has 0 saturated heterocycles. The Hall–Kier alpha value is -3.68. The van der Waals surface area contributed by atoms with Crippen molar-refractivity contribution in [2.45, 2.75) is 349 Å². The van der Waals surface area contributed by atoms with Crippen molar-refractivity contribution in [1.29, 1.82) is 0 Å². The van der Waals surface area contributed by atoms with Gasteiger partial charge in [-0.15, -0.1) is 33.3 Å². The SMILES string of the molecule is CC(C)[Si](C#Cc1cc2c3cc(C#C[Si](C(C)C)(C(C)C)C(C)C)c(C#C[Si](C(C)C)(C(C)C)C(C)C)cc3c3cc(C#C[Si](C(C)C)(C(C)C)C(C)C)c(C#C[Si](C(C)C)(C(C)C)C(C)C)cc3c2cc1C#C[Si](C(C)C)(C(C)C)C(C)C)(C(C)C)C(C)C. The fraction of sp³-hybridized carbons (Fsp3) is 0.643. The zero-order valence-electron chi connectivity index (χ0n) is 64.9. The second-order valence-electron chi connectivity index (χ2n) is 33.7. The van der Waals surface area contributed by atoms with E-state index in [4.69, 9.17) is 0 Å². The van der Waals surface area contributed by atoms with E-state index in [0.717, 1.165) is 33.4 Å². The molecule has 4 rings (SSSR count). The Morgan fingerprint density at radius 3 is 0.300 bits per heavy atom. The zero-order chi connectivity index (χ0) is 69.0. The van der Waals surface area contributed by atoms with Gasteiger partial charge in [-0.1, -0.05) is 285 Å². The molecule has 0 amide bonds. The van der Waals surface area contributed by atoms with E-state index in [1.54, 1.807) is 0 Å². The second-order valence-corrected chi connectivity index (χ2v) is 67.2. The van der Waals surface area contributed by atoms with Crippen LogP contribution in [0.4, 0.5) is 0 Å². The highest BCUT2D eigenvalue weighted by Gasteiger charge is 2.47. The van der Waals surface area contributed by atoms with Crippen LogP contribution in [0.2, 0.25) is 99.7 Å². The molecular formula is C84H132Si6. The van der Waals surface area contributed by atoms with Crippen LogP contribution in [0.25, 0.3) is 32.3 Å². The highest BCUT2D eigenvalue weighted by atomic mass is 28.3. The van der Waals surface area contributed by atoms with Gasteiger partial charge in [-0.25, -0.2) is 0 Å². The third-order valence-electron chi connectivity index (χ3n) is 24.0. The highest BCUT2D eigenvalue weighted by Crippen LogP contribution is 2.48. The Kier molecular flexibility index (Phi) is 27.0. The van der Waals surface area contributed by atoms with E-state index in [0.29, 0.717) is 99.7 Å². The lowest BCUT2D eigenvalue weighted by Crippen LogP contribution is -2.43. The fourth-order valence-corrected chi connectivity index (χ4v) is 50.7. The van der Waals surface area contributed by atoms with Gasteiger partial charge >= 0.3 is 0 Å². The minimum atomic E-state index is -2.19. The first-order valence-electron chi connectivity index (χ1n) is 36.2. The Balaban J connectivity index is 2.79. The summed E-state index contributed by atoms with van der Waals surface area (Å²) in [4.78, 5) is 0. The first-order chi connectivity index (χ1) is 41.5. The van der Waals surface area contributed by atoms with Crippen molar-refractivity contribution < 1.29 is 0 Å². The molecule has 0 saturated carbocycles. The molecule has 0 fully saturated rings. The first-order valence-corrected chi connectivity index (χ1v) is 49.6. The lowest BCUT2D eigenvalue weighted by Gasteiger charge is -2.38. The van der Waals surface area contributed by atoms with E-state index in [9.17, 15) is 0 Å². The molecule has 90 heavy (non-hydrogen) atoms. The van der Waals surface area contributed by atoms with E-state index in [1.165, 1.54) is 32.3 Å². The van der Waals surface area contributed by atoms with Crippen molar-refractivity contribution in [2.24, 2.45) is 0 Å². The molecule has 0 bridgehead atoms. The Morgan fingerprint density at radius 1 is 0.156 bits per heavy atom. The summed E-state index contributed by atoms with van der Waals surface area (Å²) in [6.07, 6.45) is 0. The van der Waals surface area contributed by atoms with Gasteiger partial charge in [0.1, 0.15) is 48.4 Å². The van der Waals surface area contributed by atoms with Gasteiger partial charge in [0, 0.05) is 33.4 Å². The van der Waals surface area contributed by atoms with E-state index in [1.807, 2.05) is 0 Å². The zero-order valence-corrected chi connectivity index (χ0v) is 70.9. The fourth-order valence-electron chi connectivity index (χ4n) is 19.4. The summed E-state index contributed by atoms with van der Waals surface area (Å²) < 4.78 is 0. The predicted octanol–water partition coefficient (Wildman–Crippen LogP) is 26.6. The van der Waals surface area contributed by atoms with Gasteiger partial charge < -0.3 is 0 Å². The van der Waals surface area contributed by atoms with Crippen LogP contribution in [0, 0.1) is 68.8 Å². The van der Waals surface area contributed by atoms with Crippen LogP contribution in [0.5, 0.6) is 0 Å². The summed E-state index contributed by atoms with van der Waals surface area (Å²) in [6, 6.07) is 14.9. The molecule has 0 spiro atoms. The maximum atomic E-state index is 4.25. The molecule has 0 unspecified atom stereocenters. The van der Waals surface area contributed by atoms with E-state index in [-0.39, 0.29) is 0 Å². The van der Waals surface area contributed by atoms with Gasteiger partial charge in [0.15, 0.2) is 0 Å². The molecule has 0 heterocycles. The molecule has 4 aromatic carbocycles. The molecule has 0 radical (unpaired) electrons. The maximum Gasteiger partial charge on any atom is 0.146 e. The number of rotatable bonds is 18. The third kappa shape index (κ3) is 14.6. The van der Waals surface area contributed by atoms with Crippen LogP contribution in [0.1, 0.15) is 283 Å². The second kappa shape index (κ2) is 30.8. The lowest BCUT2D eigenvalue weighted by molar-refractivity contribution is 0.838. The Labute approximate surface area is 564 Å². The largest absolute Gasteiger partial charge is 0.146 e. The van der Waals surface area contributed by atoms with Gasteiger partial charge in [0.05, 0.1) is 0 Å². The third-order valence-corrected chi connectivity index (χ3v) is 61.8. The summed E-state index contributed by atoms with van der Waals surface area (Å²) in [6.45, 7) is 87.8. The summed E-state index contributed by atoms with van der Waals surface area (Å²) in [5, 5.41) is 7.22. The van der Waals surface area contributed by atoms with Gasteiger partial charge in [-0.2, -0.15) is 0 Å². The monoisotopic (exact) mass is 1310 g/mol. The van der Waals surface area contributed by atoms with Crippen LogP contribution < -0.4 is 0 Å². The van der Waals surface area contributed by atoms with Gasteiger partial charge in [-0.3, -0.25) is 0 Å². The molecule has 0 atom stereocenters. The predicted molar refractivity (Wildman–Crippen MR) is 427 cm³/mol. The molecule has 0 aliphatic rings. The molecule has 0 N–H and O–H groups in total. The number of fused-ring (bicyclic) bond motifs is 6. The average Bonchev–Trinajstić information content (AvgIpc) is 0.724. The van der Waals surface area contributed by atoms with Crippen molar-refractivity contribution in [3.05, 3.63) is 69.8 Å². The van der Waals surface area contributed by atoms with Crippen LogP contribution in [-0.2, 0) is 0 Å². The number of benzene rings is 4. The summed E-state index contributed by atoms with van der Waals surface area (Å²) >= 11 is 0. The van der Waals surface area contributed by atoms with E-state index in [2.05, 4.69) is 354 Å². The minimum absolute atomic E-state index is 0.491. The average molecular weight is 1310 g/mol. The van der Waals surface area contributed by atoms with Crippen LogP contribution in [-0.4, -0.2) is 48.4 Å². The molecule has 0 nitrogen and oxygen atoms in total. The quantitative estimate of drug-likeness (QED) is 0.0529. The van der Waals surface area contributed by atoms with Crippen LogP contribution >= 0.6 is 0 Å². The van der Waals surface area contributed by atoms with Crippen LogP contribution in [0.3, 0.4) is 0 Å². The molecule has 0 aliphatic heterocycles. The summed E-state index contributed by atoms with van der Waals surface area (Å²) in [5.74, 6) is 24.6.